The molecule has 18 heavy (non-hydrogen) atoms. The molecule has 0 aliphatic carbocycles. The van der Waals surface area contributed by atoms with Crippen LogP contribution in [-0.2, 0) is 16.0 Å². The SMILES string of the molecule is CNCC(=O)NC(Cc1ccc(Cl)cc1)C(N)=O. The minimum Gasteiger partial charge on any atom is -0.368 e. The van der Waals surface area contributed by atoms with Crippen molar-refractivity contribution in [3.05, 3.63) is 34.9 Å². The Hall–Kier alpha value is -1.59. The number of rotatable bonds is 6. The molecule has 0 saturated carbocycles. The molecule has 4 N–H and O–H groups in total. The summed E-state index contributed by atoms with van der Waals surface area (Å²) in [6.07, 6.45) is 0.349. The summed E-state index contributed by atoms with van der Waals surface area (Å²) in [7, 11) is 1.65. The summed E-state index contributed by atoms with van der Waals surface area (Å²) in [4.78, 5) is 22.7. The number of carbonyl (C=O) groups is 2. The molecule has 6 heteroatoms. The maximum absolute atomic E-state index is 11.4. The number of nitrogens with one attached hydrogen (secondary N) is 2. The average Bonchev–Trinajstić information content (AvgIpc) is 2.31. The van der Waals surface area contributed by atoms with E-state index >= 15 is 0 Å². The predicted molar refractivity (Wildman–Crippen MR) is 70.2 cm³/mol. The molecular weight excluding hydrogens is 254 g/mol. The minimum atomic E-state index is -0.716. The fourth-order valence-electron chi connectivity index (χ4n) is 1.48. The van der Waals surface area contributed by atoms with E-state index in [1.54, 1.807) is 31.3 Å². The lowest BCUT2D eigenvalue weighted by molar-refractivity contribution is -0.126. The quantitative estimate of drug-likeness (QED) is 0.683. The molecule has 0 aliphatic rings. The van der Waals surface area contributed by atoms with Crippen molar-refractivity contribution in [2.24, 2.45) is 5.73 Å². The third kappa shape index (κ3) is 4.73. The molecule has 0 fully saturated rings. The number of nitrogens with two attached hydrogens (primary N) is 1. The number of benzene rings is 1. The molecule has 0 bridgehead atoms. The Balaban J connectivity index is 2.65. The van der Waals surface area contributed by atoms with Gasteiger partial charge in [0.05, 0.1) is 6.54 Å². The number of hydrogen-bond donors (Lipinski definition) is 3. The van der Waals surface area contributed by atoms with E-state index in [0.717, 1.165) is 5.56 Å². The van der Waals surface area contributed by atoms with Crippen LogP contribution in [0.2, 0.25) is 5.02 Å². The molecule has 0 radical (unpaired) electrons. The maximum atomic E-state index is 11.4. The Morgan fingerprint density at radius 1 is 1.33 bits per heavy atom. The lowest BCUT2D eigenvalue weighted by atomic mass is 10.1. The van der Waals surface area contributed by atoms with Crippen LogP contribution in [0.4, 0.5) is 0 Å². The van der Waals surface area contributed by atoms with E-state index in [4.69, 9.17) is 17.3 Å². The highest BCUT2D eigenvalue weighted by Crippen LogP contribution is 2.11. The summed E-state index contributed by atoms with van der Waals surface area (Å²) in [6.45, 7) is 0.143. The van der Waals surface area contributed by atoms with Crippen LogP contribution >= 0.6 is 11.6 Å². The van der Waals surface area contributed by atoms with Crippen molar-refractivity contribution in [1.82, 2.24) is 10.6 Å². The number of primary amides is 1. The zero-order valence-electron chi connectivity index (χ0n) is 10.1. The van der Waals surface area contributed by atoms with Gasteiger partial charge in [0.15, 0.2) is 0 Å². The molecule has 0 spiro atoms. The van der Waals surface area contributed by atoms with Gasteiger partial charge in [0.25, 0.3) is 0 Å². The van der Waals surface area contributed by atoms with Crippen molar-refractivity contribution in [2.45, 2.75) is 12.5 Å². The van der Waals surface area contributed by atoms with Gasteiger partial charge in [-0.15, -0.1) is 0 Å². The Labute approximate surface area is 111 Å². The molecular formula is C12H16ClN3O2. The second kappa shape index (κ2) is 6.98. The Bertz CT molecular complexity index is 420. The molecule has 2 amide bonds. The summed E-state index contributed by atoms with van der Waals surface area (Å²) in [5, 5.41) is 5.89. The topological polar surface area (TPSA) is 84.2 Å². The van der Waals surface area contributed by atoms with E-state index in [-0.39, 0.29) is 12.5 Å². The van der Waals surface area contributed by atoms with Crippen LogP contribution in [0.1, 0.15) is 5.56 Å². The molecule has 1 atom stereocenters. The summed E-state index contributed by atoms with van der Waals surface area (Å²) in [5.74, 6) is -0.829. The van der Waals surface area contributed by atoms with E-state index in [1.165, 1.54) is 0 Å². The molecule has 0 saturated heterocycles. The van der Waals surface area contributed by atoms with Crippen LogP contribution < -0.4 is 16.4 Å². The Kier molecular flexibility index (Phi) is 5.61. The van der Waals surface area contributed by atoms with Gasteiger partial charge in [-0.1, -0.05) is 23.7 Å². The molecule has 1 rings (SSSR count). The fraction of sp³-hybridized carbons (Fsp3) is 0.333. The lowest BCUT2D eigenvalue weighted by Crippen LogP contribution is -2.48. The monoisotopic (exact) mass is 269 g/mol. The van der Waals surface area contributed by atoms with Gasteiger partial charge in [0, 0.05) is 11.4 Å². The highest BCUT2D eigenvalue weighted by Gasteiger charge is 2.17. The molecule has 0 aliphatic heterocycles. The van der Waals surface area contributed by atoms with Crippen LogP contribution in [0.25, 0.3) is 0 Å². The molecule has 0 heterocycles. The molecule has 1 unspecified atom stereocenters. The number of likely N-dealkylation sites (N-methyl/N-ethyl adjacent to an activating group) is 1. The highest BCUT2D eigenvalue weighted by molar-refractivity contribution is 6.30. The average molecular weight is 270 g/mol. The summed E-state index contributed by atoms with van der Waals surface area (Å²) in [5.41, 5.74) is 6.14. The molecule has 1 aromatic carbocycles. The zero-order chi connectivity index (χ0) is 13.5. The normalized spacial score (nSPS) is 11.9. The van der Waals surface area contributed by atoms with Gasteiger partial charge in [0.2, 0.25) is 11.8 Å². The Morgan fingerprint density at radius 2 is 1.94 bits per heavy atom. The van der Waals surface area contributed by atoms with E-state index in [0.29, 0.717) is 11.4 Å². The first-order chi connectivity index (χ1) is 8.52. The minimum absolute atomic E-state index is 0.143. The molecule has 5 nitrogen and oxygen atoms in total. The largest absolute Gasteiger partial charge is 0.368 e. The maximum Gasteiger partial charge on any atom is 0.240 e. The van der Waals surface area contributed by atoms with Crippen molar-refractivity contribution in [3.8, 4) is 0 Å². The number of halogens is 1. The first kappa shape index (κ1) is 14.5. The summed E-state index contributed by atoms with van der Waals surface area (Å²) in [6, 6.07) is 6.33. The zero-order valence-corrected chi connectivity index (χ0v) is 10.8. The highest BCUT2D eigenvalue weighted by atomic mass is 35.5. The van der Waals surface area contributed by atoms with Gasteiger partial charge in [-0.25, -0.2) is 0 Å². The van der Waals surface area contributed by atoms with Gasteiger partial charge in [-0.2, -0.15) is 0 Å². The third-order valence-corrected chi connectivity index (χ3v) is 2.62. The van der Waals surface area contributed by atoms with Crippen LogP contribution in [0.5, 0.6) is 0 Å². The van der Waals surface area contributed by atoms with Gasteiger partial charge >= 0.3 is 0 Å². The second-order valence-corrected chi connectivity index (χ2v) is 4.32. The van der Waals surface area contributed by atoms with Crippen LogP contribution in [0.3, 0.4) is 0 Å². The van der Waals surface area contributed by atoms with Crippen molar-refractivity contribution in [1.29, 1.82) is 0 Å². The number of amides is 2. The molecule has 0 aromatic heterocycles. The number of carbonyl (C=O) groups excluding carboxylic acids is 2. The van der Waals surface area contributed by atoms with Gasteiger partial charge in [-0.05, 0) is 24.7 Å². The first-order valence-corrected chi connectivity index (χ1v) is 5.88. The fourth-order valence-corrected chi connectivity index (χ4v) is 1.61. The predicted octanol–water partition coefficient (Wildman–Crippen LogP) is 0.0720. The smallest absolute Gasteiger partial charge is 0.240 e. The number of hydrogen-bond acceptors (Lipinski definition) is 3. The standard InChI is InChI=1S/C12H16ClN3O2/c1-15-7-11(17)16-10(12(14)18)6-8-2-4-9(13)5-3-8/h2-5,10,15H,6-7H2,1H3,(H2,14,18)(H,16,17). The van der Waals surface area contributed by atoms with E-state index < -0.39 is 11.9 Å². The van der Waals surface area contributed by atoms with Crippen LogP contribution in [0.15, 0.2) is 24.3 Å². The second-order valence-electron chi connectivity index (χ2n) is 3.88. The molecule has 1 aromatic rings. The third-order valence-electron chi connectivity index (χ3n) is 2.37. The van der Waals surface area contributed by atoms with Crippen molar-refractivity contribution < 1.29 is 9.59 Å². The first-order valence-electron chi connectivity index (χ1n) is 5.50. The Morgan fingerprint density at radius 3 is 2.44 bits per heavy atom. The van der Waals surface area contributed by atoms with Gasteiger partial charge in [0.1, 0.15) is 6.04 Å². The van der Waals surface area contributed by atoms with Crippen LogP contribution in [0, 0.1) is 0 Å². The summed E-state index contributed by atoms with van der Waals surface area (Å²) >= 11 is 5.77. The van der Waals surface area contributed by atoms with E-state index in [9.17, 15) is 9.59 Å². The van der Waals surface area contributed by atoms with Crippen molar-refractivity contribution in [3.63, 3.8) is 0 Å². The van der Waals surface area contributed by atoms with Gasteiger partial charge < -0.3 is 16.4 Å². The summed E-state index contributed by atoms with van der Waals surface area (Å²) < 4.78 is 0. The van der Waals surface area contributed by atoms with Gasteiger partial charge in [-0.3, -0.25) is 9.59 Å². The van der Waals surface area contributed by atoms with E-state index in [1.807, 2.05) is 0 Å². The van der Waals surface area contributed by atoms with Crippen molar-refractivity contribution in [2.75, 3.05) is 13.6 Å². The lowest BCUT2D eigenvalue weighted by Gasteiger charge is -2.15. The van der Waals surface area contributed by atoms with Crippen LogP contribution in [-0.4, -0.2) is 31.4 Å². The van der Waals surface area contributed by atoms with E-state index in [2.05, 4.69) is 10.6 Å². The molecule has 98 valence electrons. The van der Waals surface area contributed by atoms with Crippen molar-refractivity contribution >= 4 is 23.4 Å².